The number of benzene rings is 1. The van der Waals surface area contributed by atoms with Gasteiger partial charge in [-0.3, -0.25) is 0 Å². The van der Waals surface area contributed by atoms with Crippen LogP contribution in [0.3, 0.4) is 0 Å². The number of aliphatic carboxylic acids is 1. The number of hydrogen-bond acceptors (Lipinski definition) is 4. The number of carboxylic acid groups (broad SMARTS) is 1. The first-order valence-corrected chi connectivity index (χ1v) is 12.9. The highest BCUT2D eigenvalue weighted by atomic mass is 79.9. The summed E-state index contributed by atoms with van der Waals surface area (Å²) in [5.74, 6) is -1.19. The summed E-state index contributed by atoms with van der Waals surface area (Å²) in [6.07, 6.45) is -1.67. The largest absolute Gasteiger partial charge is 0.480 e. The van der Waals surface area contributed by atoms with Crippen LogP contribution in [-0.4, -0.2) is 37.1 Å². The lowest BCUT2D eigenvalue weighted by molar-refractivity contribution is -0.142. The quantitative estimate of drug-likeness (QED) is 0.533. The minimum Gasteiger partial charge on any atom is -0.480 e. The molecule has 6 nitrogen and oxygen atoms in total. The SMILES string of the molecule is CC(C)(C)OC(=O)NC(C(=O)O)C(O[Si](C)(C)C(C)(C)C)c1ccccc1Br. The van der Waals surface area contributed by atoms with Crippen LogP contribution in [-0.2, 0) is 14.0 Å². The summed E-state index contributed by atoms with van der Waals surface area (Å²) in [7, 11) is -2.36. The molecular weight excluding hydrogens is 442 g/mol. The first-order chi connectivity index (χ1) is 12.5. The molecule has 158 valence electrons. The zero-order chi connectivity index (χ0) is 21.9. The van der Waals surface area contributed by atoms with E-state index in [0.717, 1.165) is 4.47 Å². The fourth-order valence-corrected chi connectivity index (χ4v) is 3.97. The second-order valence-electron chi connectivity index (χ2n) is 9.28. The molecule has 0 saturated carbocycles. The van der Waals surface area contributed by atoms with Crippen LogP contribution in [0.5, 0.6) is 0 Å². The normalized spacial score (nSPS) is 14.9. The van der Waals surface area contributed by atoms with Crippen molar-refractivity contribution in [1.29, 1.82) is 0 Å². The molecule has 0 aliphatic heterocycles. The topological polar surface area (TPSA) is 84.9 Å². The molecule has 1 amide bonds. The molecule has 0 spiro atoms. The van der Waals surface area contributed by atoms with Gasteiger partial charge in [0.15, 0.2) is 14.4 Å². The zero-order valence-corrected chi connectivity index (χ0v) is 20.5. The van der Waals surface area contributed by atoms with Crippen molar-refractivity contribution in [3.05, 3.63) is 34.3 Å². The summed E-state index contributed by atoms with van der Waals surface area (Å²) < 4.78 is 12.5. The van der Waals surface area contributed by atoms with Gasteiger partial charge < -0.3 is 19.6 Å². The van der Waals surface area contributed by atoms with E-state index in [9.17, 15) is 14.7 Å². The van der Waals surface area contributed by atoms with E-state index >= 15 is 0 Å². The summed E-state index contributed by atoms with van der Waals surface area (Å²) in [6.45, 7) is 15.5. The number of ether oxygens (including phenoxy) is 1. The lowest BCUT2D eigenvalue weighted by atomic mass is 10.0. The van der Waals surface area contributed by atoms with Crippen LogP contribution in [0.1, 0.15) is 53.2 Å². The van der Waals surface area contributed by atoms with Crippen molar-refractivity contribution in [3.63, 3.8) is 0 Å². The number of carboxylic acids is 1. The first-order valence-electron chi connectivity index (χ1n) is 9.20. The summed E-state index contributed by atoms with van der Waals surface area (Å²) in [4.78, 5) is 24.4. The van der Waals surface area contributed by atoms with Crippen molar-refractivity contribution in [2.75, 3.05) is 0 Å². The molecule has 8 heteroatoms. The molecule has 2 N–H and O–H groups in total. The molecular formula is C20H32BrNO5Si. The van der Waals surface area contributed by atoms with Gasteiger partial charge in [0, 0.05) is 4.47 Å². The molecule has 0 aliphatic carbocycles. The van der Waals surface area contributed by atoms with Gasteiger partial charge in [-0.15, -0.1) is 0 Å². The van der Waals surface area contributed by atoms with Gasteiger partial charge in [0.25, 0.3) is 0 Å². The standard InChI is InChI=1S/C20H32BrNO5Si/c1-19(2,3)26-18(25)22-15(17(23)24)16(13-11-9-10-12-14(13)21)27-28(7,8)20(4,5)6/h9-12,15-16H,1-8H3,(H,22,25)(H,23,24). The van der Waals surface area contributed by atoms with E-state index in [0.29, 0.717) is 5.56 Å². The highest BCUT2D eigenvalue weighted by Gasteiger charge is 2.44. The van der Waals surface area contributed by atoms with Gasteiger partial charge in [-0.05, 0) is 50.5 Å². The fourth-order valence-electron chi connectivity index (χ4n) is 2.21. The lowest BCUT2D eigenvalue weighted by Gasteiger charge is -2.41. The van der Waals surface area contributed by atoms with Crippen LogP contribution in [0.15, 0.2) is 28.7 Å². The smallest absolute Gasteiger partial charge is 0.408 e. The average molecular weight is 474 g/mol. The van der Waals surface area contributed by atoms with Crippen LogP contribution in [0.4, 0.5) is 4.79 Å². The van der Waals surface area contributed by atoms with Gasteiger partial charge in [-0.2, -0.15) is 0 Å². The Morgan fingerprint density at radius 2 is 1.64 bits per heavy atom. The molecule has 0 bridgehead atoms. The second kappa shape index (κ2) is 8.96. The van der Waals surface area contributed by atoms with Crippen molar-refractivity contribution in [2.45, 2.75) is 77.4 Å². The molecule has 1 rings (SSSR count). The molecule has 2 atom stereocenters. The average Bonchev–Trinajstić information content (AvgIpc) is 2.48. The van der Waals surface area contributed by atoms with E-state index in [2.05, 4.69) is 42.0 Å². The predicted octanol–water partition coefficient (Wildman–Crippen LogP) is 5.49. The number of carbonyl (C=O) groups excluding carboxylic acids is 1. The molecule has 0 aliphatic rings. The van der Waals surface area contributed by atoms with Gasteiger partial charge in [-0.1, -0.05) is 54.9 Å². The molecule has 1 aromatic rings. The van der Waals surface area contributed by atoms with Crippen molar-refractivity contribution in [3.8, 4) is 0 Å². The zero-order valence-electron chi connectivity index (χ0n) is 17.9. The maximum absolute atomic E-state index is 12.3. The highest BCUT2D eigenvalue weighted by molar-refractivity contribution is 9.10. The van der Waals surface area contributed by atoms with Crippen LogP contribution >= 0.6 is 15.9 Å². The Morgan fingerprint density at radius 1 is 1.11 bits per heavy atom. The number of halogens is 1. The summed E-state index contributed by atoms with van der Waals surface area (Å²) >= 11 is 3.49. The molecule has 2 unspecified atom stereocenters. The molecule has 28 heavy (non-hydrogen) atoms. The Bertz CT molecular complexity index is 709. The molecule has 0 radical (unpaired) electrons. The van der Waals surface area contributed by atoms with Crippen molar-refractivity contribution in [2.24, 2.45) is 0 Å². The molecule has 0 fully saturated rings. The predicted molar refractivity (Wildman–Crippen MR) is 116 cm³/mol. The Labute approximate surface area is 177 Å². The Morgan fingerprint density at radius 3 is 2.07 bits per heavy atom. The van der Waals surface area contributed by atoms with Crippen molar-refractivity contribution < 1.29 is 23.9 Å². The number of alkyl carbamates (subject to hydrolysis) is 1. The lowest BCUT2D eigenvalue weighted by Crippen LogP contribution is -2.51. The van der Waals surface area contributed by atoms with E-state index in [-0.39, 0.29) is 5.04 Å². The summed E-state index contributed by atoms with van der Waals surface area (Å²) in [5, 5.41) is 12.2. The number of hydrogen-bond donors (Lipinski definition) is 2. The van der Waals surface area contributed by atoms with Gasteiger partial charge in [0.1, 0.15) is 11.7 Å². The molecule has 0 aromatic heterocycles. The molecule has 0 saturated heterocycles. The third kappa shape index (κ3) is 6.90. The van der Waals surface area contributed by atoms with Crippen molar-refractivity contribution >= 4 is 36.3 Å². The second-order valence-corrected chi connectivity index (χ2v) is 14.9. The monoisotopic (exact) mass is 473 g/mol. The van der Waals surface area contributed by atoms with Gasteiger partial charge in [-0.25, -0.2) is 9.59 Å². The maximum Gasteiger partial charge on any atom is 0.408 e. The maximum atomic E-state index is 12.3. The van der Waals surface area contributed by atoms with Crippen LogP contribution in [0, 0.1) is 0 Å². The van der Waals surface area contributed by atoms with Crippen LogP contribution in [0.2, 0.25) is 18.1 Å². The number of rotatable bonds is 6. The third-order valence-corrected chi connectivity index (χ3v) is 9.86. The van der Waals surface area contributed by atoms with E-state index in [1.165, 1.54) is 0 Å². The van der Waals surface area contributed by atoms with E-state index in [4.69, 9.17) is 9.16 Å². The first kappa shape index (κ1) is 24.7. The minimum absolute atomic E-state index is 0.137. The van der Waals surface area contributed by atoms with Crippen LogP contribution in [0.25, 0.3) is 0 Å². The van der Waals surface area contributed by atoms with Crippen molar-refractivity contribution in [1.82, 2.24) is 5.32 Å². The summed E-state index contributed by atoms with van der Waals surface area (Å²) in [6, 6.07) is 5.98. The van der Waals surface area contributed by atoms with Gasteiger partial charge >= 0.3 is 12.1 Å². The summed E-state index contributed by atoms with van der Waals surface area (Å²) in [5.41, 5.74) is -0.0771. The highest BCUT2D eigenvalue weighted by Crippen LogP contribution is 2.41. The Balaban J connectivity index is 3.36. The van der Waals surface area contributed by atoms with Crippen LogP contribution < -0.4 is 5.32 Å². The Kier molecular flexibility index (Phi) is 7.89. The van der Waals surface area contributed by atoms with E-state index < -0.39 is 38.1 Å². The third-order valence-electron chi connectivity index (χ3n) is 4.68. The minimum atomic E-state index is -2.36. The number of carbonyl (C=O) groups is 2. The Hall–Kier alpha value is -1.38. The molecule has 1 aromatic carbocycles. The molecule has 0 heterocycles. The van der Waals surface area contributed by atoms with Gasteiger partial charge in [0.2, 0.25) is 0 Å². The van der Waals surface area contributed by atoms with E-state index in [1.807, 2.05) is 31.3 Å². The van der Waals surface area contributed by atoms with E-state index in [1.54, 1.807) is 26.8 Å². The van der Waals surface area contributed by atoms with Gasteiger partial charge in [0.05, 0.1) is 0 Å². The number of nitrogens with one attached hydrogen (secondary N) is 1. The fraction of sp³-hybridized carbons (Fsp3) is 0.600. The number of amides is 1.